The number of benzene rings is 2. The number of nitrogens with one attached hydrogen (secondary N) is 1. The third-order valence-corrected chi connectivity index (χ3v) is 4.45. The lowest BCUT2D eigenvalue weighted by Crippen LogP contribution is -2.54. The minimum atomic E-state index is -0.500. The second-order valence-corrected chi connectivity index (χ2v) is 6.62. The molecule has 6 heteroatoms. The highest BCUT2D eigenvalue weighted by Gasteiger charge is 2.34. The lowest BCUT2D eigenvalue weighted by Gasteiger charge is -2.29. The van der Waals surface area contributed by atoms with E-state index in [1.807, 2.05) is 32.0 Å². The molecule has 1 fully saturated rings. The monoisotopic (exact) mass is 370 g/mol. The van der Waals surface area contributed by atoms with Crippen molar-refractivity contribution in [1.29, 1.82) is 0 Å². The predicted octanol–water partition coefficient (Wildman–Crippen LogP) is 3.79. The van der Waals surface area contributed by atoms with Gasteiger partial charge in [-0.05, 0) is 67.5 Å². The van der Waals surface area contributed by atoms with Gasteiger partial charge in [-0.25, -0.2) is 0 Å². The van der Waals surface area contributed by atoms with Crippen LogP contribution in [0.4, 0.5) is 5.69 Å². The Balaban J connectivity index is 2.03. The van der Waals surface area contributed by atoms with Gasteiger partial charge in [-0.2, -0.15) is 0 Å². The van der Waals surface area contributed by atoms with E-state index in [1.165, 1.54) is 4.90 Å². The van der Waals surface area contributed by atoms with E-state index < -0.39 is 11.8 Å². The van der Waals surface area contributed by atoms with Crippen LogP contribution < -0.4 is 10.2 Å². The summed E-state index contributed by atoms with van der Waals surface area (Å²) in [6.07, 6.45) is 1.59. The molecule has 1 aliphatic rings. The van der Waals surface area contributed by atoms with Gasteiger partial charge in [-0.15, -0.1) is 0 Å². The van der Waals surface area contributed by atoms with Gasteiger partial charge >= 0.3 is 0 Å². The first-order valence-electron chi connectivity index (χ1n) is 7.61. The van der Waals surface area contributed by atoms with Crippen LogP contribution in [0.5, 0.6) is 0 Å². The number of hydrogen-bond donors (Lipinski definition) is 1. The molecule has 0 bridgehead atoms. The number of nitrogens with zero attached hydrogens (tertiary/aromatic N) is 1. The molecule has 25 heavy (non-hydrogen) atoms. The largest absolute Gasteiger partial charge is 0.298 e. The fourth-order valence-corrected chi connectivity index (χ4v) is 3.03. The lowest BCUT2D eigenvalue weighted by molar-refractivity contribution is -0.122. The van der Waals surface area contributed by atoms with Gasteiger partial charge in [0.2, 0.25) is 0 Å². The number of hydrogen-bond acceptors (Lipinski definition) is 3. The topological polar surface area (TPSA) is 49.4 Å². The maximum absolute atomic E-state index is 12.9. The number of rotatable bonds is 2. The Morgan fingerprint density at radius 2 is 1.76 bits per heavy atom. The van der Waals surface area contributed by atoms with Crippen LogP contribution in [-0.4, -0.2) is 16.9 Å². The highest BCUT2D eigenvalue weighted by Crippen LogP contribution is 2.24. The summed E-state index contributed by atoms with van der Waals surface area (Å²) in [6.45, 7) is 3.93. The van der Waals surface area contributed by atoms with Crippen LogP contribution in [0.3, 0.4) is 0 Å². The van der Waals surface area contributed by atoms with Gasteiger partial charge < -0.3 is 0 Å². The van der Waals surface area contributed by atoms with E-state index in [2.05, 4.69) is 5.32 Å². The van der Waals surface area contributed by atoms with Crippen LogP contribution in [0, 0.1) is 13.8 Å². The van der Waals surface area contributed by atoms with E-state index in [4.69, 9.17) is 23.8 Å². The third-order valence-electron chi connectivity index (χ3n) is 3.91. The molecule has 126 valence electrons. The first kappa shape index (κ1) is 17.3. The van der Waals surface area contributed by atoms with E-state index in [-0.39, 0.29) is 10.7 Å². The molecule has 0 unspecified atom stereocenters. The Labute approximate surface area is 156 Å². The SMILES string of the molecule is Cc1ccc(/C=C2/C(=O)NC(=S)N(c3ccc(Cl)cc3)C2=O)c(C)c1. The van der Waals surface area contributed by atoms with Crippen molar-refractivity contribution >= 4 is 52.5 Å². The molecule has 0 spiro atoms. The quantitative estimate of drug-likeness (QED) is 0.497. The molecule has 4 nitrogen and oxygen atoms in total. The van der Waals surface area contributed by atoms with Crippen molar-refractivity contribution in [3.05, 3.63) is 69.8 Å². The number of amides is 2. The van der Waals surface area contributed by atoms with Crippen LogP contribution in [0.1, 0.15) is 16.7 Å². The van der Waals surface area contributed by atoms with Crippen molar-refractivity contribution < 1.29 is 9.59 Å². The molecule has 0 aliphatic carbocycles. The maximum Gasteiger partial charge on any atom is 0.270 e. The normalized spacial score (nSPS) is 16.4. The van der Waals surface area contributed by atoms with E-state index >= 15 is 0 Å². The average molecular weight is 371 g/mol. The number of carbonyl (C=O) groups excluding carboxylic acids is 2. The Morgan fingerprint density at radius 3 is 2.40 bits per heavy atom. The minimum Gasteiger partial charge on any atom is -0.298 e. The maximum atomic E-state index is 12.9. The summed E-state index contributed by atoms with van der Waals surface area (Å²) in [5, 5.41) is 3.17. The number of anilines is 1. The van der Waals surface area contributed by atoms with Gasteiger partial charge in [0.15, 0.2) is 5.11 Å². The van der Waals surface area contributed by atoms with Gasteiger partial charge in [0, 0.05) is 5.02 Å². The highest BCUT2D eigenvalue weighted by atomic mass is 35.5. The van der Waals surface area contributed by atoms with E-state index in [1.54, 1.807) is 30.3 Å². The summed E-state index contributed by atoms with van der Waals surface area (Å²) in [6, 6.07) is 12.5. The van der Waals surface area contributed by atoms with Gasteiger partial charge in [0.25, 0.3) is 11.8 Å². The smallest absolute Gasteiger partial charge is 0.270 e. The van der Waals surface area contributed by atoms with Crippen molar-refractivity contribution in [1.82, 2.24) is 5.32 Å². The first-order valence-corrected chi connectivity index (χ1v) is 8.40. The number of aryl methyl sites for hydroxylation is 2. The highest BCUT2D eigenvalue weighted by molar-refractivity contribution is 7.80. The molecular formula is C19H15ClN2O2S. The fourth-order valence-electron chi connectivity index (χ4n) is 2.63. The molecule has 2 aromatic rings. The van der Waals surface area contributed by atoms with Crippen molar-refractivity contribution in [2.45, 2.75) is 13.8 Å². The second kappa shape index (κ2) is 6.78. The number of thiocarbonyl (C=S) groups is 1. The first-order chi connectivity index (χ1) is 11.9. The average Bonchev–Trinajstić information content (AvgIpc) is 2.55. The predicted molar refractivity (Wildman–Crippen MR) is 104 cm³/mol. The summed E-state index contributed by atoms with van der Waals surface area (Å²) in [4.78, 5) is 26.5. The zero-order valence-electron chi connectivity index (χ0n) is 13.7. The molecule has 0 radical (unpaired) electrons. The van der Waals surface area contributed by atoms with Crippen LogP contribution in [-0.2, 0) is 9.59 Å². The third kappa shape index (κ3) is 3.48. The van der Waals surface area contributed by atoms with Crippen molar-refractivity contribution in [3.63, 3.8) is 0 Å². The molecule has 0 atom stereocenters. The van der Waals surface area contributed by atoms with Crippen LogP contribution in [0.15, 0.2) is 48.0 Å². The summed E-state index contributed by atoms with van der Waals surface area (Å²) >= 11 is 11.1. The molecule has 0 aromatic heterocycles. The number of carbonyl (C=O) groups is 2. The minimum absolute atomic E-state index is 0.0375. The van der Waals surface area contributed by atoms with Crippen LogP contribution in [0.2, 0.25) is 5.02 Å². The van der Waals surface area contributed by atoms with Crippen LogP contribution >= 0.6 is 23.8 Å². The van der Waals surface area contributed by atoms with Crippen molar-refractivity contribution in [2.75, 3.05) is 4.90 Å². The lowest BCUT2D eigenvalue weighted by atomic mass is 10.0. The molecule has 1 aliphatic heterocycles. The van der Waals surface area contributed by atoms with Gasteiger partial charge in [-0.3, -0.25) is 19.8 Å². The fraction of sp³-hybridized carbons (Fsp3) is 0.105. The molecule has 0 saturated carbocycles. The zero-order chi connectivity index (χ0) is 18.1. The van der Waals surface area contributed by atoms with Crippen LogP contribution in [0.25, 0.3) is 6.08 Å². The molecule has 1 N–H and O–H groups in total. The second-order valence-electron chi connectivity index (χ2n) is 5.79. The Bertz CT molecular complexity index is 920. The standard InChI is InChI=1S/C19H15ClN2O2S/c1-11-3-4-13(12(2)9-11)10-16-17(23)21-19(25)22(18(16)24)15-7-5-14(20)6-8-15/h3-10H,1-2H3,(H,21,23,25)/b16-10-. The van der Waals surface area contributed by atoms with E-state index in [9.17, 15) is 9.59 Å². The molecule has 3 rings (SSSR count). The Kier molecular flexibility index (Phi) is 4.70. The summed E-state index contributed by atoms with van der Waals surface area (Å²) in [5.74, 6) is -0.962. The van der Waals surface area contributed by atoms with Crippen molar-refractivity contribution in [2.24, 2.45) is 0 Å². The summed E-state index contributed by atoms with van der Waals surface area (Å²) in [7, 11) is 0. The zero-order valence-corrected chi connectivity index (χ0v) is 15.2. The summed E-state index contributed by atoms with van der Waals surface area (Å²) in [5.41, 5.74) is 3.50. The summed E-state index contributed by atoms with van der Waals surface area (Å²) < 4.78 is 0. The molecule has 2 aromatic carbocycles. The van der Waals surface area contributed by atoms with Gasteiger partial charge in [-0.1, -0.05) is 35.4 Å². The van der Waals surface area contributed by atoms with E-state index in [0.717, 1.165) is 16.7 Å². The van der Waals surface area contributed by atoms with Crippen molar-refractivity contribution in [3.8, 4) is 0 Å². The Morgan fingerprint density at radius 1 is 1.08 bits per heavy atom. The molecule has 1 saturated heterocycles. The van der Waals surface area contributed by atoms with E-state index in [0.29, 0.717) is 10.7 Å². The molecular weight excluding hydrogens is 356 g/mol. The number of halogens is 1. The molecule has 2 amide bonds. The molecule has 1 heterocycles. The van der Waals surface area contributed by atoms with Gasteiger partial charge in [0.1, 0.15) is 5.57 Å². The van der Waals surface area contributed by atoms with Gasteiger partial charge in [0.05, 0.1) is 5.69 Å². The Hall–Kier alpha value is -2.50.